The van der Waals surface area contributed by atoms with Crippen LogP contribution in [0.15, 0.2) is 27.6 Å². The van der Waals surface area contributed by atoms with Gasteiger partial charge in [-0.3, -0.25) is 0 Å². The van der Waals surface area contributed by atoms with E-state index in [1.807, 2.05) is 13.0 Å². The second-order valence-corrected chi connectivity index (χ2v) is 7.46. The van der Waals surface area contributed by atoms with Crippen molar-refractivity contribution >= 4 is 26.0 Å². The van der Waals surface area contributed by atoms with Gasteiger partial charge in [0.25, 0.3) is 0 Å². The lowest BCUT2D eigenvalue weighted by molar-refractivity contribution is 0.316. The molecule has 0 aromatic heterocycles. The van der Waals surface area contributed by atoms with E-state index < -0.39 is 10.0 Å². The molecule has 0 bridgehead atoms. The number of halogens is 1. The van der Waals surface area contributed by atoms with E-state index in [1.165, 1.54) is 4.31 Å². The lowest BCUT2D eigenvalue weighted by Crippen LogP contribution is -2.45. The Bertz CT molecular complexity index is 545. The maximum Gasteiger partial charge on any atom is 0.244 e. The summed E-state index contributed by atoms with van der Waals surface area (Å²) in [7, 11) is -3.44. The zero-order valence-corrected chi connectivity index (χ0v) is 12.7. The molecule has 100 valence electrons. The Morgan fingerprint density at radius 1 is 1.44 bits per heavy atom. The second-order valence-electron chi connectivity index (χ2n) is 4.70. The van der Waals surface area contributed by atoms with Crippen LogP contribution in [0.1, 0.15) is 18.4 Å². The van der Waals surface area contributed by atoms with Crippen LogP contribution in [0.3, 0.4) is 0 Å². The standard InChI is InChI=1S/C12H17BrN2O2S/c1-9-4-5-11(13)12(7-9)18(16,17)15-6-2-3-10(14)8-15/h4-5,7,10H,2-3,6,8,14H2,1H3. The summed E-state index contributed by atoms with van der Waals surface area (Å²) in [5, 5.41) is 0. The predicted molar refractivity (Wildman–Crippen MR) is 74.8 cm³/mol. The Balaban J connectivity index is 2.38. The second kappa shape index (κ2) is 5.28. The number of sulfonamides is 1. The number of piperidine rings is 1. The van der Waals surface area contributed by atoms with Crippen molar-refractivity contribution in [2.45, 2.75) is 30.7 Å². The Morgan fingerprint density at radius 3 is 2.83 bits per heavy atom. The monoisotopic (exact) mass is 332 g/mol. The molecule has 1 aliphatic rings. The third kappa shape index (κ3) is 2.77. The van der Waals surface area contributed by atoms with Crippen molar-refractivity contribution in [2.24, 2.45) is 5.73 Å². The Morgan fingerprint density at radius 2 is 2.17 bits per heavy atom. The van der Waals surface area contributed by atoms with Crippen LogP contribution in [-0.4, -0.2) is 31.9 Å². The van der Waals surface area contributed by atoms with Gasteiger partial charge in [-0.15, -0.1) is 0 Å². The molecule has 18 heavy (non-hydrogen) atoms. The first kappa shape index (κ1) is 14.0. The molecule has 0 aliphatic carbocycles. The highest BCUT2D eigenvalue weighted by molar-refractivity contribution is 9.10. The van der Waals surface area contributed by atoms with Crippen molar-refractivity contribution in [3.63, 3.8) is 0 Å². The molecule has 0 spiro atoms. The number of nitrogens with two attached hydrogens (primary N) is 1. The molecule has 1 aliphatic heterocycles. The van der Waals surface area contributed by atoms with Gasteiger partial charge >= 0.3 is 0 Å². The quantitative estimate of drug-likeness (QED) is 0.899. The van der Waals surface area contributed by atoms with E-state index in [1.54, 1.807) is 12.1 Å². The molecule has 2 rings (SSSR count). The molecule has 1 heterocycles. The van der Waals surface area contributed by atoms with Gasteiger partial charge in [-0.05, 0) is 53.4 Å². The van der Waals surface area contributed by atoms with Crippen molar-refractivity contribution in [3.8, 4) is 0 Å². The number of rotatable bonds is 2. The van der Waals surface area contributed by atoms with E-state index >= 15 is 0 Å². The van der Waals surface area contributed by atoms with Crippen LogP contribution >= 0.6 is 15.9 Å². The van der Waals surface area contributed by atoms with E-state index in [9.17, 15) is 8.42 Å². The van der Waals surface area contributed by atoms with Crippen molar-refractivity contribution in [1.29, 1.82) is 0 Å². The zero-order valence-electron chi connectivity index (χ0n) is 10.3. The topological polar surface area (TPSA) is 63.4 Å². The number of nitrogens with zero attached hydrogens (tertiary/aromatic N) is 1. The molecule has 1 aromatic carbocycles. The molecular weight excluding hydrogens is 316 g/mol. The van der Waals surface area contributed by atoms with E-state index in [0.29, 0.717) is 22.5 Å². The average molecular weight is 333 g/mol. The number of hydrogen-bond donors (Lipinski definition) is 1. The van der Waals surface area contributed by atoms with E-state index in [2.05, 4.69) is 15.9 Å². The first-order valence-electron chi connectivity index (χ1n) is 5.93. The van der Waals surface area contributed by atoms with Gasteiger partial charge in [0.2, 0.25) is 10.0 Å². The fourth-order valence-electron chi connectivity index (χ4n) is 2.14. The van der Waals surface area contributed by atoms with Gasteiger partial charge in [-0.1, -0.05) is 6.07 Å². The van der Waals surface area contributed by atoms with Crippen LogP contribution in [-0.2, 0) is 10.0 Å². The van der Waals surface area contributed by atoms with Gasteiger partial charge in [0.05, 0.1) is 4.90 Å². The van der Waals surface area contributed by atoms with Gasteiger partial charge in [0, 0.05) is 23.6 Å². The lowest BCUT2D eigenvalue weighted by atomic mass is 10.1. The minimum Gasteiger partial charge on any atom is -0.327 e. The van der Waals surface area contributed by atoms with Crippen LogP contribution < -0.4 is 5.73 Å². The Kier molecular flexibility index (Phi) is 4.11. The van der Waals surface area contributed by atoms with Crippen molar-refractivity contribution in [1.82, 2.24) is 4.31 Å². The lowest BCUT2D eigenvalue weighted by Gasteiger charge is -2.30. The molecule has 1 unspecified atom stereocenters. The van der Waals surface area contributed by atoms with Gasteiger partial charge in [0.15, 0.2) is 0 Å². The highest BCUT2D eigenvalue weighted by Gasteiger charge is 2.30. The molecule has 6 heteroatoms. The molecule has 2 N–H and O–H groups in total. The van der Waals surface area contributed by atoms with Crippen LogP contribution in [0.4, 0.5) is 0 Å². The van der Waals surface area contributed by atoms with Crippen molar-refractivity contribution in [2.75, 3.05) is 13.1 Å². The van der Waals surface area contributed by atoms with Crippen LogP contribution in [0.2, 0.25) is 0 Å². The van der Waals surface area contributed by atoms with Gasteiger partial charge < -0.3 is 5.73 Å². The molecule has 4 nitrogen and oxygen atoms in total. The summed E-state index contributed by atoms with van der Waals surface area (Å²) in [6.45, 7) is 2.84. The van der Waals surface area contributed by atoms with Gasteiger partial charge in [-0.25, -0.2) is 8.42 Å². The fraction of sp³-hybridized carbons (Fsp3) is 0.500. The minimum atomic E-state index is -3.44. The normalized spacial score (nSPS) is 22.1. The smallest absolute Gasteiger partial charge is 0.244 e. The summed E-state index contributed by atoms with van der Waals surface area (Å²) in [5.74, 6) is 0. The largest absolute Gasteiger partial charge is 0.327 e. The Labute approximate surface area is 116 Å². The third-order valence-corrected chi connectivity index (χ3v) is 5.98. The molecule has 1 fully saturated rings. The summed E-state index contributed by atoms with van der Waals surface area (Å²) < 4.78 is 27.2. The van der Waals surface area contributed by atoms with Crippen molar-refractivity contribution < 1.29 is 8.42 Å². The number of hydrogen-bond acceptors (Lipinski definition) is 3. The molecule has 0 radical (unpaired) electrons. The highest BCUT2D eigenvalue weighted by atomic mass is 79.9. The summed E-state index contributed by atoms with van der Waals surface area (Å²) in [6.07, 6.45) is 1.71. The zero-order chi connectivity index (χ0) is 13.3. The van der Waals surface area contributed by atoms with Crippen LogP contribution in [0, 0.1) is 6.92 Å². The molecule has 1 aromatic rings. The molecule has 1 atom stereocenters. The molecular formula is C12H17BrN2O2S. The average Bonchev–Trinajstić information content (AvgIpc) is 2.32. The van der Waals surface area contributed by atoms with E-state index in [-0.39, 0.29) is 6.04 Å². The summed E-state index contributed by atoms with van der Waals surface area (Å²) >= 11 is 3.31. The fourth-order valence-corrected chi connectivity index (χ4v) is 4.68. The Hall–Kier alpha value is -0.430. The predicted octanol–water partition coefficient (Wildman–Crippen LogP) is 1.87. The SMILES string of the molecule is Cc1ccc(Br)c(S(=O)(=O)N2CCCC(N)C2)c1. The van der Waals surface area contributed by atoms with Crippen LogP contribution in [0.25, 0.3) is 0 Å². The van der Waals surface area contributed by atoms with Crippen LogP contribution in [0.5, 0.6) is 0 Å². The third-order valence-electron chi connectivity index (χ3n) is 3.13. The first-order chi connectivity index (χ1) is 8.41. The summed E-state index contributed by atoms with van der Waals surface area (Å²) in [5.41, 5.74) is 6.78. The number of benzene rings is 1. The highest BCUT2D eigenvalue weighted by Crippen LogP contribution is 2.27. The van der Waals surface area contributed by atoms with Crippen molar-refractivity contribution in [3.05, 3.63) is 28.2 Å². The molecule has 1 saturated heterocycles. The van der Waals surface area contributed by atoms with E-state index in [0.717, 1.165) is 18.4 Å². The minimum absolute atomic E-state index is 0.0582. The number of aryl methyl sites for hydroxylation is 1. The summed E-state index contributed by atoms with van der Waals surface area (Å²) in [6, 6.07) is 5.29. The maximum absolute atomic E-state index is 12.5. The molecule has 0 saturated carbocycles. The van der Waals surface area contributed by atoms with Gasteiger partial charge in [0.1, 0.15) is 0 Å². The molecule has 0 amide bonds. The van der Waals surface area contributed by atoms with Gasteiger partial charge in [-0.2, -0.15) is 4.31 Å². The first-order valence-corrected chi connectivity index (χ1v) is 8.16. The summed E-state index contributed by atoms with van der Waals surface area (Å²) in [4.78, 5) is 0.330. The van der Waals surface area contributed by atoms with E-state index in [4.69, 9.17) is 5.73 Å². The maximum atomic E-state index is 12.5.